The minimum absolute atomic E-state index is 0.0278. The molecule has 1 atom stereocenters. The second-order valence-electron chi connectivity index (χ2n) is 10.3. The Labute approximate surface area is 250 Å². The SMILES string of the molecule is COc1cc(C2C(C#N)=C(N)Oc3cc(OC(=O)COc4ccc(C(C)C)cc4)ccc32)ccc1OCc1ccccc1. The quantitative estimate of drug-likeness (QED) is 0.166. The Balaban J connectivity index is 1.32. The maximum atomic E-state index is 12.5. The number of nitrogens with two attached hydrogens (primary N) is 1. The lowest BCUT2D eigenvalue weighted by atomic mass is 9.83. The normalized spacial score (nSPS) is 13.9. The first kappa shape index (κ1) is 29.1. The van der Waals surface area contributed by atoms with E-state index in [1.165, 1.54) is 5.56 Å². The van der Waals surface area contributed by atoms with Crippen LogP contribution in [0.5, 0.6) is 28.7 Å². The fourth-order valence-corrected chi connectivity index (χ4v) is 4.81. The number of ether oxygens (including phenoxy) is 5. The van der Waals surface area contributed by atoms with Crippen molar-refractivity contribution in [1.29, 1.82) is 5.26 Å². The van der Waals surface area contributed by atoms with Crippen LogP contribution in [0.4, 0.5) is 0 Å². The number of nitriles is 1. The van der Waals surface area contributed by atoms with E-state index in [1.54, 1.807) is 25.3 Å². The van der Waals surface area contributed by atoms with E-state index in [1.807, 2.05) is 72.8 Å². The topological polar surface area (TPSA) is 113 Å². The van der Waals surface area contributed by atoms with Crippen molar-refractivity contribution >= 4 is 5.97 Å². The average molecular weight is 577 g/mol. The van der Waals surface area contributed by atoms with E-state index < -0.39 is 11.9 Å². The van der Waals surface area contributed by atoms with Gasteiger partial charge in [-0.2, -0.15) is 5.26 Å². The molecule has 4 aromatic rings. The van der Waals surface area contributed by atoms with Crippen LogP contribution in [0.1, 0.15) is 47.9 Å². The summed E-state index contributed by atoms with van der Waals surface area (Å²) in [5, 5.41) is 9.97. The zero-order valence-electron chi connectivity index (χ0n) is 24.2. The highest BCUT2D eigenvalue weighted by Crippen LogP contribution is 2.45. The van der Waals surface area contributed by atoms with Gasteiger partial charge in [-0.05, 0) is 52.9 Å². The fourth-order valence-electron chi connectivity index (χ4n) is 4.81. The molecule has 5 rings (SSSR count). The summed E-state index contributed by atoms with van der Waals surface area (Å²) in [6.45, 7) is 4.33. The molecule has 8 nitrogen and oxygen atoms in total. The summed E-state index contributed by atoms with van der Waals surface area (Å²) >= 11 is 0. The fraction of sp³-hybridized carbons (Fsp3) is 0.200. The number of esters is 1. The maximum absolute atomic E-state index is 12.5. The Bertz CT molecular complexity index is 1670. The Morgan fingerprint density at radius 3 is 2.37 bits per heavy atom. The molecule has 1 aliphatic rings. The van der Waals surface area contributed by atoms with Gasteiger partial charge in [-0.25, -0.2) is 4.79 Å². The third-order valence-electron chi connectivity index (χ3n) is 7.08. The molecule has 0 spiro atoms. The maximum Gasteiger partial charge on any atom is 0.349 e. The van der Waals surface area contributed by atoms with Crippen LogP contribution < -0.4 is 29.4 Å². The molecule has 1 aliphatic heterocycles. The third kappa shape index (κ3) is 6.74. The molecule has 4 aromatic carbocycles. The van der Waals surface area contributed by atoms with Crippen LogP contribution in [0.2, 0.25) is 0 Å². The van der Waals surface area contributed by atoms with Crippen LogP contribution in [-0.2, 0) is 11.4 Å². The summed E-state index contributed by atoms with van der Waals surface area (Å²) in [6.07, 6.45) is 0. The summed E-state index contributed by atoms with van der Waals surface area (Å²) in [4.78, 5) is 12.5. The highest BCUT2D eigenvalue weighted by Gasteiger charge is 2.32. The second-order valence-corrected chi connectivity index (χ2v) is 10.3. The number of fused-ring (bicyclic) bond motifs is 1. The van der Waals surface area contributed by atoms with Crippen molar-refractivity contribution in [2.75, 3.05) is 13.7 Å². The van der Waals surface area contributed by atoms with E-state index in [0.717, 1.165) is 11.1 Å². The smallest absolute Gasteiger partial charge is 0.349 e. The minimum atomic E-state index is -0.572. The number of hydrogen-bond donors (Lipinski definition) is 1. The minimum Gasteiger partial charge on any atom is -0.493 e. The third-order valence-corrected chi connectivity index (χ3v) is 7.08. The van der Waals surface area contributed by atoms with Gasteiger partial charge in [-0.15, -0.1) is 0 Å². The van der Waals surface area contributed by atoms with Crippen molar-refractivity contribution in [2.24, 2.45) is 5.73 Å². The predicted molar refractivity (Wildman–Crippen MR) is 161 cm³/mol. The van der Waals surface area contributed by atoms with Gasteiger partial charge in [-0.3, -0.25) is 0 Å². The lowest BCUT2D eigenvalue weighted by Crippen LogP contribution is -2.22. The Hall–Kier alpha value is -5.42. The molecule has 2 N–H and O–H groups in total. The van der Waals surface area contributed by atoms with Crippen LogP contribution in [0.15, 0.2) is 102 Å². The Morgan fingerprint density at radius 1 is 0.930 bits per heavy atom. The van der Waals surface area contributed by atoms with Gasteiger partial charge in [0.05, 0.1) is 13.0 Å². The molecule has 0 fully saturated rings. The molecule has 0 amide bonds. The van der Waals surface area contributed by atoms with Gasteiger partial charge in [0.1, 0.15) is 35.5 Å². The van der Waals surface area contributed by atoms with Crippen molar-refractivity contribution in [3.8, 4) is 34.8 Å². The number of methoxy groups -OCH3 is 1. The summed E-state index contributed by atoms with van der Waals surface area (Å²) in [6, 6.07) is 30.1. The molecule has 0 bridgehead atoms. The number of carbonyl (C=O) groups excluding carboxylic acids is 1. The van der Waals surface area contributed by atoms with Crippen LogP contribution in [0.3, 0.4) is 0 Å². The van der Waals surface area contributed by atoms with Crippen molar-refractivity contribution in [3.05, 3.63) is 125 Å². The van der Waals surface area contributed by atoms with Gasteiger partial charge in [0.25, 0.3) is 0 Å². The molecule has 0 aliphatic carbocycles. The summed E-state index contributed by atoms with van der Waals surface area (Å²) in [5.74, 6) is 1.56. The number of nitrogens with zero attached hydrogens (tertiary/aromatic N) is 1. The molecular weight excluding hydrogens is 544 g/mol. The van der Waals surface area contributed by atoms with Crippen LogP contribution in [0.25, 0.3) is 0 Å². The number of benzene rings is 4. The lowest BCUT2D eigenvalue weighted by molar-refractivity contribution is -0.136. The van der Waals surface area contributed by atoms with Gasteiger partial charge in [0.15, 0.2) is 18.1 Å². The zero-order chi connectivity index (χ0) is 30.3. The monoisotopic (exact) mass is 576 g/mol. The number of rotatable bonds is 10. The van der Waals surface area contributed by atoms with Gasteiger partial charge < -0.3 is 29.4 Å². The van der Waals surface area contributed by atoms with Crippen LogP contribution >= 0.6 is 0 Å². The Morgan fingerprint density at radius 2 is 1.67 bits per heavy atom. The van der Waals surface area contributed by atoms with Crippen molar-refractivity contribution in [1.82, 2.24) is 0 Å². The molecule has 1 heterocycles. The first-order valence-electron chi connectivity index (χ1n) is 13.9. The number of carbonyl (C=O) groups is 1. The molecule has 1 unspecified atom stereocenters. The van der Waals surface area contributed by atoms with Gasteiger partial charge in [0, 0.05) is 11.6 Å². The lowest BCUT2D eigenvalue weighted by Gasteiger charge is -2.27. The van der Waals surface area contributed by atoms with E-state index in [2.05, 4.69) is 19.9 Å². The molecule has 43 heavy (non-hydrogen) atoms. The number of hydrogen-bond acceptors (Lipinski definition) is 8. The zero-order valence-corrected chi connectivity index (χ0v) is 24.2. The highest BCUT2D eigenvalue weighted by molar-refractivity contribution is 5.74. The largest absolute Gasteiger partial charge is 0.493 e. The van der Waals surface area contributed by atoms with E-state index >= 15 is 0 Å². The predicted octanol–water partition coefficient (Wildman–Crippen LogP) is 6.60. The first-order chi connectivity index (χ1) is 20.9. The van der Waals surface area contributed by atoms with Crippen molar-refractivity contribution < 1.29 is 28.5 Å². The van der Waals surface area contributed by atoms with E-state index in [0.29, 0.717) is 41.1 Å². The van der Waals surface area contributed by atoms with E-state index in [4.69, 9.17) is 29.4 Å². The summed E-state index contributed by atoms with van der Waals surface area (Å²) in [5.41, 5.74) is 10.1. The van der Waals surface area contributed by atoms with E-state index in [-0.39, 0.29) is 23.8 Å². The molecule has 0 radical (unpaired) electrons. The molecular formula is C35H32N2O6. The standard InChI is InChI=1S/C35H32N2O6/c1-22(2)24-9-12-26(13-10-24)40-21-33(38)42-27-14-15-28-31(18-27)43-35(37)29(19-36)34(28)25-11-16-30(32(17-25)39-3)41-20-23-7-5-4-6-8-23/h4-18,22,34H,20-21,37H2,1-3H3. The first-order valence-corrected chi connectivity index (χ1v) is 13.9. The summed E-state index contributed by atoms with van der Waals surface area (Å²) < 4.78 is 28.5. The van der Waals surface area contributed by atoms with Gasteiger partial charge >= 0.3 is 5.97 Å². The number of allylic oxidation sites excluding steroid dienone is 1. The second kappa shape index (κ2) is 13.0. The average Bonchev–Trinajstić information content (AvgIpc) is 3.02. The highest BCUT2D eigenvalue weighted by atomic mass is 16.6. The summed E-state index contributed by atoms with van der Waals surface area (Å²) in [7, 11) is 1.56. The molecule has 0 aromatic heterocycles. The van der Waals surface area contributed by atoms with Crippen molar-refractivity contribution in [2.45, 2.75) is 32.3 Å². The van der Waals surface area contributed by atoms with Gasteiger partial charge in [0.2, 0.25) is 5.88 Å². The molecule has 218 valence electrons. The molecule has 0 saturated heterocycles. The molecule has 8 heteroatoms. The Kier molecular flexibility index (Phi) is 8.82. The molecule has 0 saturated carbocycles. The van der Waals surface area contributed by atoms with Crippen molar-refractivity contribution in [3.63, 3.8) is 0 Å². The van der Waals surface area contributed by atoms with Crippen LogP contribution in [-0.4, -0.2) is 19.7 Å². The van der Waals surface area contributed by atoms with E-state index in [9.17, 15) is 10.1 Å². The van der Waals surface area contributed by atoms with Crippen LogP contribution in [0, 0.1) is 11.3 Å². The van der Waals surface area contributed by atoms with Gasteiger partial charge in [-0.1, -0.05) is 68.4 Å².